The van der Waals surface area contributed by atoms with Crippen molar-refractivity contribution < 1.29 is 22.4 Å². The standard InChI is InChI=1S/C19H10F4N4O/c20-11-3-9(4-12(21)6-11)16-7-17(27-26-16)25-19(28)10-5-13-14(22)1-2-15(23)18(13)24-8-10/h1-8H,(H2,25,26,27,28). The molecule has 5 nitrogen and oxygen atoms in total. The zero-order valence-electron chi connectivity index (χ0n) is 13.9. The molecule has 9 heteroatoms. The fourth-order valence-electron chi connectivity index (χ4n) is 2.71. The predicted octanol–water partition coefficient (Wildman–Crippen LogP) is 4.43. The van der Waals surface area contributed by atoms with E-state index < -0.39 is 29.2 Å². The molecule has 0 unspecified atom stereocenters. The van der Waals surface area contributed by atoms with Crippen LogP contribution in [0.2, 0.25) is 0 Å². The van der Waals surface area contributed by atoms with Crippen LogP contribution in [0, 0.1) is 23.3 Å². The molecule has 0 atom stereocenters. The number of amides is 1. The highest BCUT2D eigenvalue weighted by molar-refractivity contribution is 6.05. The zero-order chi connectivity index (χ0) is 19.8. The number of fused-ring (bicyclic) bond motifs is 1. The van der Waals surface area contributed by atoms with Gasteiger partial charge in [-0.25, -0.2) is 17.6 Å². The number of halogens is 4. The third kappa shape index (κ3) is 3.29. The maximum absolute atomic E-state index is 13.9. The van der Waals surface area contributed by atoms with Crippen molar-refractivity contribution in [2.75, 3.05) is 5.32 Å². The minimum absolute atomic E-state index is 0.0154. The van der Waals surface area contributed by atoms with Crippen LogP contribution in [-0.4, -0.2) is 21.1 Å². The zero-order valence-corrected chi connectivity index (χ0v) is 13.9. The summed E-state index contributed by atoms with van der Waals surface area (Å²) in [5.41, 5.74) is 0.277. The maximum atomic E-state index is 13.9. The number of nitrogens with zero attached hydrogens (tertiary/aromatic N) is 2. The van der Waals surface area contributed by atoms with Crippen molar-refractivity contribution in [2.24, 2.45) is 0 Å². The Hall–Kier alpha value is -3.75. The van der Waals surface area contributed by atoms with Crippen LogP contribution < -0.4 is 5.32 Å². The lowest BCUT2D eigenvalue weighted by Gasteiger charge is -2.05. The first-order chi connectivity index (χ1) is 13.4. The monoisotopic (exact) mass is 386 g/mol. The molecule has 1 amide bonds. The molecule has 4 rings (SSSR count). The van der Waals surface area contributed by atoms with Gasteiger partial charge in [0.15, 0.2) is 5.82 Å². The van der Waals surface area contributed by atoms with E-state index in [-0.39, 0.29) is 33.5 Å². The number of carbonyl (C=O) groups is 1. The summed E-state index contributed by atoms with van der Waals surface area (Å²) in [5.74, 6) is -3.53. The predicted molar refractivity (Wildman–Crippen MR) is 93.6 cm³/mol. The Morgan fingerprint density at radius 3 is 2.39 bits per heavy atom. The molecular weight excluding hydrogens is 376 g/mol. The second kappa shape index (κ2) is 6.76. The summed E-state index contributed by atoms with van der Waals surface area (Å²) in [6, 6.07) is 7.38. The Labute approximate surface area is 155 Å². The lowest BCUT2D eigenvalue weighted by molar-refractivity contribution is 0.102. The Morgan fingerprint density at radius 1 is 0.929 bits per heavy atom. The second-order valence-corrected chi connectivity index (χ2v) is 5.93. The molecule has 140 valence electrons. The minimum Gasteiger partial charge on any atom is -0.305 e. The van der Waals surface area contributed by atoms with Crippen molar-refractivity contribution in [3.05, 3.63) is 77.5 Å². The van der Waals surface area contributed by atoms with Crippen LogP contribution in [0.1, 0.15) is 10.4 Å². The molecule has 2 aromatic carbocycles. The van der Waals surface area contributed by atoms with Gasteiger partial charge in [-0.15, -0.1) is 0 Å². The number of carbonyl (C=O) groups excluding carboxylic acids is 1. The van der Waals surface area contributed by atoms with Gasteiger partial charge in [-0.1, -0.05) is 0 Å². The van der Waals surface area contributed by atoms with E-state index in [1.807, 2.05) is 0 Å². The summed E-state index contributed by atoms with van der Waals surface area (Å²) in [6.07, 6.45) is 1.11. The minimum atomic E-state index is -0.758. The van der Waals surface area contributed by atoms with Crippen LogP contribution in [0.15, 0.2) is 48.7 Å². The average Bonchev–Trinajstić information content (AvgIpc) is 3.12. The van der Waals surface area contributed by atoms with Crippen molar-refractivity contribution in [2.45, 2.75) is 0 Å². The van der Waals surface area contributed by atoms with E-state index >= 15 is 0 Å². The molecule has 0 aliphatic heterocycles. The Morgan fingerprint density at radius 2 is 1.64 bits per heavy atom. The van der Waals surface area contributed by atoms with E-state index in [1.165, 1.54) is 12.1 Å². The summed E-state index contributed by atoms with van der Waals surface area (Å²) < 4.78 is 54.2. The quantitative estimate of drug-likeness (QED) is 0.512. The summed E-state index contributed by atoms with van der Waals surface area (Å²) in [6.45, 7) is 0. The van der Waals surface area contributed by atoms with E-state index in [1.54, 1.807) is 0 Å². The molecule has 0 fully saturated rings. The van der Waals surface area contributed by atoms with Crippen molar-refractivity contribution in [3.8, 4) is 11.3 Å². The number of pyridine rings is 1. The number of hydrogen-bond donors (Lipinski definition) is 2. The van der Waals surface area contributed by atoms with Crippen LogP contribution in [0.5, 0.6) is 0 Å². The van der Waals surface area contributed by atoms with Crippen molar-refractivity contribution >= 4 is 22.6 Å². The van der Waals surface area contributed by atoms with E-state index in [0.717, 1.165) is 36.5 Å². The largest absolute Gasteiger partial charge is 0.305 e. The average molecular weight is 386 g/mol. The third-order valence-corrected chi connectivity index (χ3v) is 4.00. The van der Waals surface area contributed by atoms with Crippen LogP contribution in [0.25, 0.3) is 22.2 Å². The first-order valence-electron chi connectivity index (χ1n) is 7.98. The maximum Gasteiger partial charge on any atom is 0.258 e. The number of benzene rings is 2. The van der Waals surface area contributed by atoms with Crippen LogP contribution in [0.3, 0.4) is 0 Å². The number of aromatic amines is 1. The lowest BCUT2D eigenvalue weighted by atomic mass is 10.1. The Balaban J connectivity index is 1.60. The van der Waals surface area contributed by atoms with Gasteiger partial charge in [-0.2, -0.15) is 5.10 Å². The number of rotatable bonds is 3. The molecule has 0 saturated heterocycles. The third-order valence-electron chi connectivity index (χ3n) is 4.00. The number of anilines is 1. The highest BCUT2D eigenvalue weighted by Crippen LogP contribution is 2.23. The second-order valence-electron chi connectivity index (χ2n) is 5.93. The highest BCUT2D eigenvalue weighted by Gasteiger charge is 2.14. The molecule has 0 bridgehead atoms. The topological polar surface area (TPSA) is 70.7 Å². The first-order valence-corrected chi connectivity index (χ1v) is 7.98. The summed E-state index contributed by atoms with van der Waals surface area (Å²) in [4.78, 5) is 16.2. The van der Waals surface area contributed by atoms with Gasteiger partial charge >= 0.3 is 0 Å². The number of H-pyrrole nitrogens is 1. The van der Waals surface area contributed by atoms with Crippen LogP contribution in [0.4, 0.5) is 23.4 Å². The molecule has 0 aliphatic carbocycles. The van der Waals surface area contributed by atoms with Gasteiger partial charge in [0.1, 0.15) is 28.8 Å². The lowest BCUT2D eigenvalue weighted by Crippen LogP contribution is -2.12. The molecule has 0 aliphatic rings. The molecular formula is C19H10F4N4O. The van der Waals surface area contributed by atoms with Crippen molar-refractivity contribution in [3.63, 3.8) is 0 Å². The molecule has 4 aromatic rings. The van der Waals surface area contributed by atoms with Crippen LogP contribution in [-0.2, 0) is 0 Å². The summed E-state index contributed by atoms with van der Waals surface area (Å²) in [7, 11) is 0. The molecule has 2 N–H and O–H groups in total. The van der Waals surface area contributed by atoms with Gasteiger partial charge in [-0.05, 0) is 30.3 Å². The molecule has 2 heterocycles. The van der Waals surface area contributed by atoms with E-state index in [4.69, 9.17) is 0 Å². The number of aromatic nitrogens is 3. The SMILES string of the molecule is O=C(Nc1cc(-c2cc(F)cc(F)c2)[nH]n1)c1cnc2c(F)ccc(F)c2c1. The fraction of sp³-hybridized carbons (Fsp3) is 0. The van der Waals surface area contributed by atoms with Gasteiger partial charge in [0.2, 0.25) is 0 Å². The summed E-state index contributed by atoms with van der Waals surface area (Å²) >= 11 is 0. The van der Waals surface area contributed by atoms with Gasteiger partial charge in [0.25, 0.3) is 5.91 Å². The van der Waals surface area contributed by atoms with E-state index in [0.29, 0.717) is 0 Å². The van der Waals surface area contributed by atoms with E-state index in [2.05, 4.69) is 20.5 Å². The van der Waals surface area contributed by atoms with Gasteiger partial charge in [0, 0.05) is 29.3 Å². The Bertz CT molecular complexity index is 1200. The summed E-state index contributed by atoms with van der Waals surface area (Å²) in [5, 5.41) is 8.73. The number of hydrogen-bond acceptors (Lipinski definition) is 3. The fourth-order valence-corrected chi connectivity index (χ4v) is 2.71. The van der Waals surface area contributed by atoms with Gasteiger partial charge in [0.05, 0.1) is 11.3 Å². The van der Waals surface area contributed by atoms with Gasteiger partial charge in [-0.3, -0.25) is 14.9 Å². The molecule has 0 radical (unpaired) electrons. The number of nitrogens with one attached hydrogen (secondary N) is 2. The molecule has 0 spiro atoms. The van der Waals surface area contributed by atoms with Crippen LogP contribution >= 0.6 is 0 Å². The normalized spacial score (nSPS) is 11.0. The van der Waals surface area contributed by atoms with E-state index in [9.17, 15) is 22.4 Å². The van der Waals surface area contributed by atoms with Crippen molar-refractivity contribution in [1.29, 1.82) is 0 Å². The van der Waals surface area contributed by atoms with Crippen molar-refractivity contribution in [1.82, 2.24) is 15.2 Å². The Kier molecular flexibility index (Phi) is 4.26. The molecule has 2 aromatic heterocycles. The molecule has 28 heavy (non-hydrogen) atoms. The van der Waals surface area contributed by atoms with Gasteiger partial charge < -0.3 is 5.32 Å². The highest BCUT2D eigenvalue weighted by atomic mass is 19.1. The molecule has 0 saturated carbocycles. The smallest absolute Gasteiger partial charge is 0.258 e. The first kappa shape index (κ1) is 17.7.